The third kappa shape index (κ3) is 3.35. The fourth-order valence-electron chi connectivity index (χ4n) is 2.37. The van der Waals surface area contributed by atoms with Gasteiger partial charge in [0.25, 0.3) is 0 Å². The van der Waals surface area contributed by atoms with E-state index in [0.717, 1.165) is 18.7 Å². The molecular formula is C17H24N2O. The van der Waals surface area contributed by atoms with Gasteiger partial charge in [0, 0.05) is 30.5 Å². The largest absolute Gasteiger partial charge is 0.497 e. The highest BCUT2D eigenvalue weighted by atomic mass is 16.5. The maximum absolute atomic E-state index is 5.33. The molecule has 0 bridgehead atoms. The molecule has 0 atom stereocenters. The van der Waals surface area contributed by atoms with Crippen LogP contribution in [0.1, 0.15) is 20.3 Å². The number of hydrogen-bond donors (Lipinski definition) is 0. The first-order valence-electron chi connectivity index (χ1n) is 7.11. The number of anilines is 1. The Bertz CT molecular complexity index is 505. The van der Waals surface area contributed by atoms with Crippen LogP contribution in [-0.2, 0) is 0 Å². The van der Waals surface area contributed by atoms with Gasteiger partial charge in [0.1, 0.15) is 5.75 Å². The predicted molar refractivity (Wildman–Crippen MR) is 85.1 cm³/mol. The zero-order valence-electron chi connectivity index (χ0n) is 12.8. The average Bonchev–Trinajstić information content (AvgIpc) is 2.46. The Hall–Kier alpha value is -1.90. The van der Waals surface area contributed by atoms with Gasteiger partial charge in [-0.3, -0.25) is 0 Å². The van der Waals surface area contributed by atoms with E-state index >= 15 is 0 Å². The van der Waals surface area contributed by atoms with Gasteiger partial charge in [0.05, 0.1) is 13.7 Å². The Morgan fingerprint density at radius 2 is 2.15 bits per heavy atom. The quantitative estimate of drug-likeness (QED) is 0.814. The molecule has 3 heteroatoms. The van der Waals surface area contributed by atoms with Crippen molar-refractivity contribution in [1.29, 1.82) is 0 Å². The van der Waals surface area contributed by atoms with Crippen molar-refractivity contribution in [2.24, 2.45) is 0 Å². The molecule has 2 rings (SSSR count). The SMILES string of the molecule is COc1cccc(N(CC2=CCC=CN2C)C(C)C)c1. The second-order valence-corrected chi connectivity index (χ2v) is 5.35. The van der Waals surface area contributed by atoms with Crippen molar-refractivity contribution in [2.75, 3.05) is 25.6 Å². The maximum atomic E-state index is 5.33. The van der Waals surface area contributed by atoms with Crippen LogP contribution in [-0.4, -0.2) is 31.6 Å². The molecule has 108 valence electrons. The van der Waals surface area contributed by atoms with Gasteiger partial charge in [-0.05, 0) is 38.6 Å². The number of methoxy groups -OCH3 is 1. The summed E-state index contributed by atoms with van der Waals surface area (Å²) in [5.41, 5.74) is 2.53. The minimum Gasteiger partial charge on any atom is -0.497 e. The van der Waals surface area contributed by atoms with Crippen LogP contribution in [0.5, 0.6) is 5.75 Å². The van der Waals surface area contributed by atoms with E-state index < -0.39 is 0 Å². The Balaban J connectivity index is 2.20. The van der Waals surface area contributed by atoms with E-state index in [1.807, 2.05) is 12.1 Å². The van der Waals surface area contributed by atoms with E-state index in [2.05, 4.69) is 61.2 Å². The summed E-state index contributed by atoms with van der Waals surface area (Å²) < 4.78 is 5.33. The highest BCUT2D eigenvalue weighted by Crippen LogP contribution is 2.24. The van der Waals surface area contributed by atoms with Gasteiger partial charge < -0.3 is 14.5 Å². The lowest BCUT2D eigenvalue weighted by Crippen LogP contribution is -2.35. The minimum absolute atomic E-state index is 0.433. The van der Waals surface area contributed by atoms with E-state index in [9.17, 15) is 0 Å². The van der Waals surface area contributed by atoms with Gasteiger partial charge >= 0.3 is 0 Å². The van der Waals surface area contributed by atoms with E-state index in [1.165, 1.54) is 11.4 Å². The second kappa shape index (κ2) is 6.51. The van der Waals surface area contributed by atoms with Crippen molar-refractivity contribution in [3.05, 3.63) is 48.3 Å². The summed E-state index contributed by atoms with van der Waals surface area (Å²) in [5.74, 6) is 0.902. The highest BCUT2D eigenvalue weighted by Gasteiger charge is 2.15. The standard InChI is InChI=1S/C17H24N2O/c1-14(2)19(13-16-8-5-6-11-18(16)3)15-9-7-10-17(12-15)20-4/h6-12,14H,5,13H2,1-4H3. The summed E-state index contributed by atoms with van der Waals surface area (Å²) in [7, 11) is 3.81. The normalized spacial score (nSPS) is 14.4. The first kappa shape index (κ1) is 14.5. The Morgan fingerprint density at radius 3 is 2.80 bits per heavy atom. The minimum atomic E-state index is 0.433. The molecule has 0 aliphatic carbocycles. The lowest BCUT2D eigenvalue weighted by molar-refractivity contribution is 0.414. The molecule has 3 nitrogen and oxygen atoms in total. The Morgan fingerprint density at radius 1 is 1.35 bits per heavy atom. The van der Waals surface area contributed by atoms with Gasteiger partial charge in [-0.25, -0.2) is 0 Å². The fourth-order valence-corrected chi connectivity index (χ4v) is 2.37. The molecule has 20 heavy (non-hydrogen) atoms. The van der Waals surface area contributed by atoms with Gasteiger partial charge in [0.2, 0.25) is 0 Å². The molecule has 1 aliphatic rings. The third-order valence-corrected chi connectivity index (χ3v) is 3.61. The molecule has 1 heterocycles. The van der Waals surface area contributed by atoms with Gasteiger partial charge in [-0.15, -0.1) is 0 Å². The summed E-state index contributed by atoms with van der Waals surface area (Å²) in [5, 5.41) is 0. The van der Waals surface area contributed by atoms with Crippen molar-refractivity contribution >= 4 is 5.69 Å². The number of allylic oxidation sites excluding steroid dienone is 2. The number of benzene rings is 1. The van der Waals surface area contributed by atoms with Crippen LogP contribution in [0, 0.1) is 0 Å². The number of nitrogens with zero attached hydrogens (tertiary/aromatic N) is 2. The van der Waals surface area contributed by atoms with E-state index in [-0.39, 0.29) is 0 Å². The lowest BCUT2D eigenvalue weighted by atomic mass is 10.1. The molecule has 0 fully saturated rings. The lowest BCUT2D eigenvalue weighted by Gasteiger charge is -2.33. The van der Waals surface area contributed by atoms with Crippen molar-refractivity contribution in [3.8, 4) is 5.75 Å². The molecule has 0 N–H and O–H groups in total. The van der Waals surface area contributed by atoms with Crippen LogP contribution in [0.15, 0.2) is 48.3 Å². The summed E-state index contributed by atoms with van der Waals surface area (Å²) in [6.07, 6.45) is 7.62. The molecular weight excluding hydrogens is 248 g/mol. The molecule has 0 radical (unpaired) electrons. The number of hydrogen-bond acceptors (Lipinski definition) is 3. The van der Waals surface area contributed by atoms with E-state index in [0.29, 0.717) is 6.04 Å². The first-order valence-corrected chi connectivity index (χ1v) is 7.11. The van der Waals surface area contributed by atoms with Crippen LogP contribution in [0.4, 0.5) is 5.69 Å². The summed E-state index contributed by atoms with van der Waals surface area (Å²) in [4.78, 5) is 4.59. The van der Waals surface area contributed by atoms with Crippen molar-refractivity contribution in [3.63, 3.8) is 0 Å². The molecule has 0 saturated carbocycles. The predicted octanol–water partition coefficient (Wildman–Crippen LogP) is 3.64. The number of rotatable bonds is 5. The summed E-state index contributed by atoms with van der Waals surface area (Å²) in [6.45, 7) is 5.35. The second-order valence-electron chi connectivity index (χ2n) is 5.35. The number of likely N-dealkylation sites (N-methyl/N-ethyl adjacent to an activating group) is 1. The summed E-state index contributed by atoms with van der Waals surface area (Å²) >= 11 is 0. The molecule has 0 aromatic heterocycles. The Kier molecular flexibility index (Phi) is 4.72. The van der Waals surface area contributed by atoms with Crippen LogP contribution >= 0.6 is 0 Å². The third-order valence-electron chi connectivity index (χ3n) is 3.61. The maximum Gasteiger partial charge on any atom is 0.120 e. The van der Waals surface area contributed by atoms with E-state index in [1.54, 1.807) is 7.11 Å². The highest BCUT2D eigenvalue weighted by molar-refractivity contribution is 5.52. The molecule has 1 aromatic carbocycles. The molecule has 0 amide bonds. The molecule has 1 aromatic rings. The molecule has 0 unspecified atom stereocenters. The number of ether oxygens (including phenoxy) is 1. The zero-order valence-corrected chi connectivity index (χ0v) is 12.8. The van der Waals surface area contributed by atoms with Gasteiger partial charge in [0.15, 0.2) is 0 Å². The summed E-state index contributed by atoms with van der Waals surface area (Å²) in [6, 6.07) is 8.70. The smallest absolute Gasteiger partial charge is 0.120 e. The van der Waals surface area contributed by atoms with Gasteiger partial charge in [-0.1, -0.05) is 18.2 Å². The van der Waals surface area contributed by atoms with Crippen LogP contribution in [0.3, 0.4) is 0 Å². The monoisotopic (exact) mass is 272 g/mol. The van der Waals surface area contributed by atoms with Crippen molar-refractivity contribution in [2.45, 2.75) is 26.3 Å². The molecule has 0 spiro atoms. The van der Waals surface area contributed by atoms with Crippen LogP contribution in [0.2, 0.25) is 0 Å². The van der Waals surface area contributed by atoms with Crippen molar-refractivity contribution in [1.82, 2.24) is 4.90 Å². The van der Waals surface area contributed by atoms with Crippen LogP contribution < -0.4 is 9.64 Å². The molecule has 1 aliphatic heterocycles. The Labute approximate surface area is 122 Å². The zero-order chi connectivity index (χ0) is 14.5. The fraction of sp³-hybridized carbons (Fsp3) is 0.412. The van der Waals surface area contributed by atoms with Crippen LogP contribution in [0.25, 0.3) is 0 Å². The first-order chi connectivity index (χ1) is 9.61. The van der Waals surface area contributed by atoms with E-state index in [4.69, 9.17) is 4.74 Å². The average molecular weight is 272 g/mol. The topological polar surface area (TPSA) is 15.7 Å². The van der Waals surface area contributed by atoms with Gasteiger partial charge in [-0.2, -0.15) is 0 Å². The molecule has 0 saturated heterocycles. The van der Waals surface area contributed by atoms with Crippen molar-refractivity contribution < 1.29 is 4.74 Å².